The van der Waals surface area contributed by atoms with E-state index in [1.807, 2.05) is 110 Å². The molecule has 1 saturated heterocycles. The predicted molar refractivity (Wildman–Crippen MR) is 133 cm³/mol. The fourth-order valence-corrected chi connectivity index (χ4v) is 3.91. The number of carbonyl (C=O) groups is 1. The van der Waals surface area contributed by atoms with Gasteiger partial charge in [-0.2, -0.15) is 0 Å². The Labute approximate surface area is 194 Å². The smallest absolute Gasteiger partial charge is 0.256 e. The van der Waals surface area contributed by atoms with Gasteiger partial charge in [-0.25, -0.2) is 0 Å². The molecule has 0 radical (unpaired) electrons. The Balaban J connectivity index is 0.00000272. The molecule has 0 aliphatic carbocycles. The van der Waals surface area contributed by atoms with Crippen LogP contribution in [-0.4, -0.2) is 31.2 Å². The maximum Gasteiger partial charge on any atom is 0.256 e. The summed E-state index contributed by atoms with van der Waals surface area (Å²) in [6, 6.07) is 24.7. The zero-order chi connectivity index (χ0) is 21.3. The number of hydrogen-bond donors (Lipinski definition) is 0. The van der Waals surface area contributed by atoms with Crippen LogP contribution >= 0.6 is 24.6 Å². The third kappa shape index (κ3) is 4.50. The average molecular weight is 454 g/mol. The van der Waals surface area contributed by atoms with E-state index in [-0.39, 0.29) is 24.4 Å². The summed E-state index contributed by atoms with van der Waals surface area (Å²) >= 11 is 5.65. The molecule has 5 nitrogen and oxygen atoms in total. The fourth-order valence-electron chi connectivity index (χ4n) is 3.45. The Morgan fingerprint density at radius 3 is 2.19 bits per heavy atom. The molecule has 0 N–H and O–H groups in total. The van der Waals surface area contributed by atoms with Crippen molar-refractivity contribution in [1.29, 1.82) is 0 Å². The van der Waals surface area contributed by atoms with Crippen LogP contribution in [0.5, 0.6) is 11.5 Å². The molecule has 0 aromatic heterocycles. The summed E-state index contributed by atoms with van der Waals surface area (Å²) in [5, 5.41) is 0.478. The van der Waals surface area contributed by atoms with Crippen LogP contribution in [0.15, 0.2) is 78.9 Å². The molecule has 7 heteroatoms. The first-order valence-electron chi connectivity index (χ1n) is 9.73. The second kappa shape index (κ2) is 9.37. The number of carbonyl (C=O) groups excluding carboxylic acids is 1. The van der Waals surface area contributed by atoms with Crippen LogP contribution in [0.4, 0.5) is 17.1 Å². The van der Waals surface area contributed by atoms with Gasteiger partial charge >= 0.3 is 0 Å². The Kier molecular flexibility index (Phi) is 6.83. The maximum atomic E-state index is 12.9. The maximum absolute atomic E-state index is 12.9. The number of benzene rings is 3. The SMILES string of the molecule is CC1C(=O)N(c2ccccc2)C(=S)N1c1ccc(Oc2cccc(N(C)C)c2)cc1.Cl. The van der Waals surface area contributed by atoms with E-state index in [2.05, 4.69) is 0 Å². The molecule has 1 aliphatic rings. The van der Waals surface area contributed by atoms with Crippen LogP contribution in [0.25, 0.3) is 0 Å². The van der Waals surface area contributed by atoms with Crippen LogP contribution in [0.1, 0.15) is 6.92 Å². The lowest BCUT2D eigenvalue weighted by Crippen LogP contribution is -2.33. The van der Waals surface area contributed by atoms with E-state index in [0.717, 1.165) is 28.6 Å². The molecule has 1 heterocycles. The minimum Gasteiger partial charge on any atom is -0.457 e. The van der Waals surface area contributed by atoms with Gasteiger partial charge in [0.15, 0.2) is 5.11 Å². The van der Waals surface area contributed by atoms with Crippen LogP contribution < -0.4 is 19.4 Å². The van der Waals surface area contributed by atoms with Crippen LogP contribution in [0.2, 0.25) is 0 Å². The molecule has 1 unspecified atom stereocenters. The van der Waals surface area contributed by atoms with Gasteiger partial charge < -0.3 is 14.5 Å². The summed E-state index contributed by atoms with van der Waals surface area (Å²) in [7, 11) is 3.99. The second-order valence-electron chi connectivity index (χ2n) is 7.33. The van der Waals surface area contributed by atoms with Gasteiger partial charge in [-0.05, 0) is 67.7 Å². The molecule has 3 aromatic rings. The molecule has 1 fully saturated rings. The van der Waals surface area contributed by atoms with Gasteiger partial charge in [0.1, 0.15) is 17.5 Å². The van der Waals surface area contributed by atoms with Gasteiger partial charge in [-0.15, -0.1) is 12.4 Å². The highest BCUT2D eigenvalue weighted by atomic mass is 35.5. The van der Waals surface area contributed by atoms with Gasteiger partial charge in [-0.3, -0.25) is 9.69 Å². The Hall–Kier alpha value is -3.09. The largest absolute Gasteiger partial charge is 0.457 e. The lowest BCUT2D eigenvalue weighted by atomic mass is 10.2. The zero-order valence-corrected chi connectivity index (χ0v) is 19.2. The number of ether oxygens (including phenoxy) is 1. The number of halogens is 1. The molecule has 0 spiro atoms. The highest BCUT2D eigenvalue weighted by Crippen LogP contribution is 2.32. The molecule has 1 amide bonds. The van der Waals surface area contributed by atoms with E-state index in [9.17, 15) is 4.79 Å². The van der Waals surface area contributed by atoms with Gasteiger partial charge in [0.2, 0.25) is 0 Å². The monoisotopic (exact) mass is 453 g/mol. The van der Waals surface area contributed by atoms with Gasteiger partial charge in [-0.1, -0.05) is 24.3 Å². The molecule has 1 aliphatic heterocycles. The molecule has 0 bridgehead atoms. The quantitative estimate of drug-likeness (QED) is 0.477. The number of amides is 1. The van der Waals surface area contributed by atoms with Crippen molar-refractivity contribution in [2.45, 2.75) is 13.0 Å². The van der Waals surface area contributed by atoms with Gasteiger partial charge in [0, 0.05) is 31.5 Å². The first kappa shape index (κ1) is 22.6. The van der Waals surface area contributed by atoms with Crippen molar-refractivity contribution in [1.82, 2.24) is 0 Å². The van der Waals surface area contributed by atoms with Crippen molar-refractivity contribution in [3.8, 4) is 11.5 Å². The molecular formula is C24H24ClN3O2S. The third-order valence-corrected chi connectivity index (χ3v) is 5.44. The molecular weight excluding hydrogens is 430 g/mol. The molecule has 160 valence electrons. The van der Waals surface area contributed by atoms with Crippen molar-refractivity contribution in [2.24, 2.45) is 0 Å². The topological polar surface area (TPSA) is 36.0 Å². The summed E-state index contributed by atoms with van der Waals surface area (Å²) in [6.07, 6.45) is 0. The number of thiocarbonyl (C=S) groups is 1. The second-order valence-corrected chi connectivity index (χ2v) is 7.69. The average Bonchev–Trinajstić information content (AvgIpc) is 2.98. The van der Waals surface area contributed by atoms with Crippen molar-refractivity contribution < 1.29 is 9.53 Å². The Bertz CT molecular complexity index is 1070. The molecule has 31 heavy (non-hydrogen) atoms. The van der Waals surface area contributed by atoms with Gasteiger partial charge in [0.05, 0.1) is 5.69 Å². The first-order valence-corrected chi connectivity index (χ1v) is 10.1. The standard InChI is InChI=1S/C24H23N3O2S.ClH/c1-17-23(28)27(18-8-5-4-6-9-18)24(30)26(17)19-12-14-21(15-13-19)29-22-11-7-10-20(16-22)25(2)3;/h4-17H,1-3H3;1H. The minimum absolute atomic E-state index is 0. The molecule has 1 atom stereocenters. The van der Waals surface area contributed by atoms with Crippen molar-refractivity contribution in [3.63, 3.8) is 0 Å². The van der Waals surface area contributed by atoms with Crippen molar-refractivity contribution in [3.05, 3.63) is 78.9 Å². The van der Waals surface area contributed by atoms with Crippen LogP contribution in [0.3, 0.4) is 0 Å². The molecule has 0 saturated carbocycles. The fraction of sp³-hybridized carbons (Fsp3) is 0.167. The summed E-state index contributed by atoms with van der Waals surface area (Å²) in [5.41, 5.74) is 2.70. The van der Waals surface area contributed by atoms with Crippen LogP contribution in [0, 0.1) is 0 Å². The number of rotatable bonds is 5. The first-order chi connectivity index (χ1) is 14.5. The van der Waals surface area contributed by atoms with E-state index in [1.54, 1.807) is 4.90 Å². The number of anilines is 3. The van der Waals surface area contributed by atoms with Crippen molar-refractivity contribution >= 4 is 52.7 Å². The van der Waals surface area contributed by atoms with Crippen LogP contribution in [-0.2, 0) is 4.79 Å². The number of para-hydroxylation sites is 1. The van der Waals surface area contributed by atoms with E-state index < -0.39 is 0 Å². The number of hydrogen-bond acceptors (Lipinski definition) is 4. The highest BCUT2D eigenvalue weighted by Gasteiger charge is 2.41. The molecule has 4 rings (SSSR count). The summed E-state index contributed by atoms with van der Waals surface area (Å²) in [5.74, 6) is 1.45. The Morgan fingerprint density at radius 2 is 1.55 bits per heavy atom. The summed E-state index contributed by atoms with van der Waals surface area (Å²) < 4.78 is 6.00. The van der Waals surface area contributed by atoms with E-state index in [1.165, 1.54) is 0 Å². The molecule has 3 aromatic carbocycles. The van der Waals surface area contributed by atoms with E-state index >= 15 is 0 Å². The van der Waals surface area contributed by atoms with Crippen molar-refractivity contribution in [2.75, 3.05) is 28.8 Å². The lowest BCUT2D eigenvalue weighted by Gasteiger charge is -2.22. The highest BCUT2D eigenvalue weighted by molar-refractivity contribution is 7.81. The predicted octanol–water partition coefficient (Wildman–Crippen LogP) is 5.49. The Morgan fingerprint density at radius 1 is 0.871 bits per heavy atom. The zero-order valence-electron chi connectivity index (χ0n) is 17.6. The van der Waals surface area contributed by atoms with E-state index in [4.69, 9.17) is 17.0 Å². The third-order valence-electron chi connectivity index (χ3n) is 5.06. The minimum atomic E-state index is -0.374. The lowest BCUT2D eigenvalue weighted by molar-refractivity contribution is -0.117. The number of nitrogens with zero attached hydrogens (tertiary/aromatic N) is 3. The normalized spacial score (nSPS) is 15.6. The van der Waals surface area contributed by atoms with E-state index in [0.29, 0.717) is 5.11 Å². The summed E-state index contributed by atoms with van der Waals surface area (Å²) in [6.45, 7) is 1.87. The summed E-state index contributed by atoms with van der Waals surface area (Å²) in [4.78, 5) is 18.4. The van der Waals surface area contributed by atoms with Gasteiger partial charge in [0.25, 0.3) is 5.91 Å².